The molecule has 13 heavy (non-hydrogen) atoms. The van der Waals surface area contributed by atoms with Crippen LogP contribution in [-0.4, -0.2) is 11.1 Å². The van der Waals surface area contributed by atoms with Gasteiger partial charge in [0.1, 0.15) is 6.04 Å². The van der Waals surface area contributed by atoms with Crippen LogP contribution in [0, 0.1) is 3.57 Å². The Bertz CT molecular complexity index is 306. The zero-order valence-electron chi connectivity index (χ0n) is 6.61. The number of benzene rings is 1. The van der Waals surface area contributed by atoms with Crippen molar-refractivity contribution < 1.29 is 9.90 Å². The first kappa shape index (κ1) is 12.7. The first-order chi connectivity index (χ1) is 5.63. The Balaban J connectivity index is 0.00000144. The highest BCUT2D eigenvalue weighted by Gasteiger charge is 2.15. The molecule has 5 heteroatoms. The van der Waals surface area contributed by atoms with Crippen molar-refractivity contribution in [2.24, 2.45) is 5.73 Å². The highest BCUT2D eigenvalue weighted by Crippen LogP contribution is 2.17. The van der Waals surface area contributed by atoms with Gasteiger partial charge in [-0.25, -0.2) is 0 Å². The van der Waals surface area contributed by atoms with E-state index in [-0.39, 0.29) is 12.4 Å². The average molecular weight is 314 g/mol. The van der Waals surface area contributed by atoms with Crippen LogP contribution in [0.15, 0.2) is 24.3 Å². The van der Waals surface area contributed by atoms with Crippen molar-refractivity contribution in [3.05, 3.63) is 33.4 Å². The lowest BCUT2D eigenvalue weighted by atomic mass is 10.1. The van der Waals surface area contributed by atoms with Crippen LogP contribution in [0.5, 0.6) is 0 Å². The smallest absolute Gasteiger partial charge is 0.325 e. The van der Waals surface area contributed by atoms with Gasteiger partial charge in [0.2, 0.25) is 0 Å². The molecule has 0 aliphatic carbocycles. The molecule has 1 aromatic rings. The van der Waals surface area contributed by atoms with Gasteiger partial charge >= 0.3 is 5.97 Å². The predicted molar refractivity (Wildman–Crippen MR) is 61.0 cm³/mol. The molecule has 1 unspecified atom stereocenters. The Morgan fingerprint density at radius 2 is 2.00 bits per heavy atom. The lowest BCUT2D eigenvalue weighted by molar-refractivity contribution is -0.138. The van der Waals surface area contributed by atoms with Crippen molar-refractivity contribution in [1.82, 2.24) is 0 Å². The zero-order chi connectivity index (χ0) is 9.14. The van der Waals surface area contributed by atoms with Crippen LogP contribution < -0.4 is 5.73 Å². The highest BCUT2D eigenvalue weighted by atomic mass is 127. The maximum atomic E-state index is 10.5. The minimum atomic E-state index is -1.00. The van der Waals surface area contributed by atoms with Gasteiger partial charge in [0, 0.05) is 3.57 Å². The molecule has 3 nitrogen and oxygen atoms in total. The first-order valence-electron chi connectivity index (χ1n) is 3.35. The van der Waals surface area contributed by atoms with E-state index in [1.165, 1.54) is 0 Å². The lowest BCUT2D eigenvalue weighted by Gasteiger charge is -2.07. The number of hydrogen-bond acceptors (Lipinski definition) is 2. The molecule has 72 valence electrons. The van der Waals surface area contributed by atoms with Crippen LogP contribution >= 0.6 is 35.0 Å². The molecule has 0 aliphatic rings. The summed E-state index contributed by atoms with van der Waals surface area (Å²) in [4.78, 5) is 10.5. The van der Waals surface area contributed by atoms with Gasteiger partial charge in [-0.15, -0.1) is 12.4 Å². The Morgan fingerprint density at radius 1 is 1.46 bits per heavy atom. The summed E-state index contributed by atoms with van der Waals surface area (Å²) in [6.07, 6.45) is 0. The first-order valence-corrected chi connectivity index (χ1v) is 4.43. The van der Waals surface area contributed by atoms with E-state index >= 15 is 0 Å². The maximum absolute atomic E-state index is 10.5. The summed E-state index contributed by atoms with van der Waals surface area (Å²) in [6.45, 7) is 0. The minimum absolute atomic E-state index is 0. The second-order valence-electron chi connectivity index (χ2n) is 2.34. The molecule has 0 saturated carbocycles. The van der Waals surface area contributed by atoms with Gasteiger partial charge in [0.05, 0.1) is 0 Å². The van der Waals surface area contributed by atoms with Crippen molar-refractivity contribution in [1.29, 1.82) is 0 Å². The third kappa shape index (κ3) is 3.13. The Kier molecular flexibility index (Phi) is 5.27. The summed E-state index contributed by atoms with van der Waals surface area (Å²) in [6, 6.07) is 6.26. The normalized spacial score (nSPS) is 11.5. The van der Waals surface area contributed by atoms with Gasteiger partial charge in [-0.2, -0.15) is 0 Å². The van der Waals surface area contributed by atoms with Gasteiger partial charge in [-0.3, -0.25) is 4.79 Å². The topological polar surface area (TPSA) is 63.3 Å². The quantitative estimate of drug-likeness (QED) is 0.818. The molecule has 0 spiro atoms. The molecule has 0 bridgehead atoms. The Hall–Kier alpha value is -0.330. The van der Waals surface area contributed by atoms with Crippen LogP contribution in [0.25, 0.3) is 0 Å². The van der Waals surface area contributed by atoms with E-state index in [9.17, 15) is 4.79 Å². The second kappa shape index (κ2) is 5.41. The average Bonchev–Trinajstić information content (AvgIpc) is 2.04. The molecule has 1 aromatic carbocycles. The summed E-state index contributed by atoms with van der Waals surface area (Å²) in [5, 5.41) is 8.63. The fourth-order valence-corrected chi connectivity index (χ4v) is 1.58. The molecular weight excluding hydrogens is 304 g/mol. The van der Waals surface area contributed by atoms with Gasteiger partial charge in [0.25, 0.3) is 0 Å². The summed E-state index contributed by atoms with van der Waals surface area (Å²) in [7, 11) is 0. The van der Waals surface area contributed by atoms with Gasteiger partial charge in [-0.05, 0) is 34.2 Å². The molecule has 1 atom stereocenters. The van der Waals surface area contributed by atoms with E-state index in [2.05, 4.69) is 22.6 Å². The van der Waals surface area contributed by atoms with Crippen molar-refractivity contribution in [3.8, 4) is 0 Å². The number of carboxylic acids is 1. The zero-order valence-corrected chi connectivity index (χ0v) is 9.58. The molecule has 0 amide bonds. The van der Waals surface area contributed by atoms with E-state index in [0.29, 0.717) is 5.56 Å². The third-order valence-electron chi connectivity index (χ3n) is 1.51. The van der Waals surface area contributed by atoms with Crippen molar-refractivity contribution in [2.45, 2.75) is 6.04 Å². The number of halogens is 2. The van der Waals surface area contributed by atoms with E-state index in [1.54, 1.807) is 12.1 Å². The summed E-state index contributed by atoms with van der Waals surface area (Å²) < 4.78 is 0.880. The number of aliphatic carboxylic acids is 1. The molecule has 0 radical (unpaired) electrons. The number of rotatable bonds is 2. The summed E-state index contributed by atoms with van der Waals surface area (Å²) in [5.41, 5.74) is 6.09. The second-order valence-corrected chi connectivity index (χ2v) is 3.50. The van der Waals surface area contributed by atoms with E-state index in [4.69, 9.17) is 10.8 Å². The minimum Gasteiger partial charge on any atom is -0.480 e. The summed E-state index contributed by atoms with van der Waals surface area (Å²) in [5.74, 6) is -1.00. The van der Waals surface area contributed by atoms with Gasteiger partial charge < -0.3 is 10.8 Å². The lowest BCUT2D eigenvalue weighted by Crippen LogP contribution is -2.21. The Morgan fingerprint density at radius 3 is 2.46 bits per heavy atom. The molecule has 0 heterocycles. The van der Waals surface area contributed by atoms with Crippen molar-refractivity contribution in [3.63, 3.8) is 0 Å². The van der Waals surface area contributed by atoms with Crippen LogP contribution in [0.2, 0.25) is 0 Å². The van der Waals surface area contributed by atoms with E-state index in [0.717, 1.165) is 3.57 Å². The standard InChI is InChI=1S/C8H8INO2.ClH/c9-6-4-2-1-3-5(6)7(10)8(11)12;/h1-4,7H,10H2,(H,11,12);1H. The number of carboxylic acid groups (broad SMARTS) is 1. The van der Waals surface area contributed by atoms with Crippen molar-refractivity contribution >= 4 is 41.0 Å². The summed E-state index contributed by atoms with van der Waals surface area (Å²) >= 11 is 2.07. The van der Waals surface area contributed by atoms with Gasteiger partial charge in [0.15, 0.2) is 0 Å². The van der Waals surface area contributed by atoms with Crippen LogP contribution in [0.1, 0.15) is 11.6 Å². The third-order valence-corrected chi connectivity index (χ3v) is 2.49. The molecule has 1 rings (SSSR count). The molecule has 0 aromatic heterocycles. The fraction of sp³-hybridized carbons (Fsp3) is 0.125. The van der Waals surface area contributed by atoms with Gasteiger partial charge in [-0.1, -0.05) is 18.2 Å². The monoisotopic (exact) mass is 313 g/mol. The SMILES string of the molecule is Cl.NC(C(=O)O)c1ccccc1I. The van der Waals surface area contributed by atoms with Crippen LogP contribution in [0.3, 0.4) is 0 Å². The highest BCUT2D eigenvalue weighted by molar-refractivity contribution is 14.1. The van der Waals surface area contributed by atoms with Crippen LogP contribution in [0.4, 0.5) is 0 Å². The van der Waals surface area contributed by atoms with E-state index in [1.807, 2.05) is 12.1 Å². The molecular formula is C8H9ClINO2. The van der Waals surface area contributed by atoms with Crippen molar-refractivity contribution in [2.75, 3.05) is 0 Å². The number of nitrogens with two attached hydrogens (primary N) is 1. The fourth-order valence-electron chi connectivity index (χ4n) is 0.860. The number of hydrogen-bond donors (Lipinski definition) is 2. The largest absolute Gasteiger partial charge is 0.480 e. The van der Waals surface area contributed by atoms with E-state index < -0.39 is 12.0 Å². The Labute approximate surface area is 95.9 Å². The van der Waals surface area contributed by atoms with Crippen LogP contribution in [-0.2, 0) is 4.79 Å². The predicted octanol–water partition coefficient (Wildman–Crippen LogP) is 1.80. The maximum Gasteiger partial charge on any atom is 0.325 e. The molecule has 0 fully saturated rings. The molecule has 3 N–H and O–H groups in total. The molecule has 0 aliphatic heterocycles. The number of carbonyl (C=O) groups is 1. The molecule has 0 saturated heterocycles.